The van der Waals surface area contributed by atoms with Crippen molar-refractivity contribution in [2.24, 2.45) is 5.14 Å². The van der Waals surface area contributed by atoms with Crippen LogP contribution in [-0.2, 0) is 10.0 Å². The summed E-state index contributed by atoms with van der Waals surface area (Å²) in [5.41, 5.74) is 0.698. The first-order valence-corrected chi connectivity index (χ1v) is 4.98. The molecule has 0 amide bonds. The minimum atomic E-state index is -3.75. The van der Waals surface area contributed by atoms with Gasteiger partial charge in [-0.25, -0.2) is 18.5 Å². The molecule has 0 saturated heterocycles. The van der Waals surface area contributed by atoms with Gasteiger partial charge in [-0.1, -0.05) is 11.6 Å². The van der Waals surface area contributed by atoms with Crippen LogP contribution >= 0.6 is 11.6 Å². The summed E-state index contributed by atoms with van der Waals surface area (Å²) < 4.78 is 21.7. The van der Waals surface area contributed by atoms with E-state index in [-0.39, 0.29) is 10.0 Å². The molecule has 0 bridgehead atoms. The number of sulfonamides is 1. The highest BCUT2D eigenvalue weighted by Crippen LogP contribution is 2.17. The van der Waals surface area contributed by atoms with E-state index in [1.54, 1.807) is 6.92 Å². The van der Waals surface area contributed by atoms with Crippen LogP contribution in [0.15, 0.2) is 17.2 Å². The van der Waals surface area contributed by atoms with E-state index in [9.17, 15) is 8.42 Å². The van der Waals surface area contributed by atoms with Gasteiger partial charge in [0, 0.05) is 6.20 Å². The van der Waals surface area contributed by atoms with Gasteiger partial charge in [0.25, 0.3) is 0 Å². The third-order valence-electron chi connectivity index (χ3n) is 1.25. The van der Waals surface area contributed by atoms with E-state index in [2.05, 4.69) is 4.98 Å². The van der Waals surface area contributed by atoms with Crippen LogP contribution in [-0.4, -0.2) is 13.4 Å². The van der Waals surface area contributed by atoms with Gasteiger partial charge in [-0.15, -0.1) is 0 Å². The standard InChI is InChI=1S/C6H7ClN2O2S/c1-4-2-5(12(8,10)11)6(7)9-3-4/h2-3H,1H3,(H2,8,10,11). The van der Waals surface area contributed by atoms with E-state index in [1.807, 2.05) is 0 Å². The van der Waals surface area contributed by atoms with E-state index in [4.69, 9.17) is 16.7 Å². The number of aromatic nitrogens is 1. The van der Waals surface area contributed by atoms with E-state index < -0.39 is 10.0 Å². The average Bonchev–Trinajstić information content (AvgIpc) is 1.92. The highest BCUT2D eigenvalue weighted by Gasteiger charge is 2.13. The molecule has 66 valence electrons. The number of halogens is 1. The van der Waals surface area contributed by atoms with Gasteiger partial charge < -0.3 is 0 Å². The van der Waals surface area contributed by atoms with Crippen LogP contribution in [0.25, 0.3) is 0 Å². The van der Waals surface area contributed by atoms with Crippen LogP contribution in [0.3, 0.4) is 0 Å². The lowest BCUT2D eigenvalue weighted by Crippen LogP contribution is -2.13. The Bertz CT molecular complexity index is 402. The number of nitrogens with two attached hydrogens (primary N) is 1. The molecule has 0 fully saturated rings. The molecule has 1 heterocycles. The molecular weight excluding hydrogens is 200 g/mol. The smallest absolute Gasteiger partial charge is 0.241 e. The molecule has 1 aromatic rings. The lowest BCUT2D eigenvalue weighted by Gasteiger charge is -2.00. The van der Waals surface area contributed by atoms with Crippen molar-refractivity contribution < 1.29 is 8.42 Å². The molecule has 6 heteroatoms. The quantitative estimate of drug-likeness (QED) is 0.688. The minimum absolute atomic E-state index is 0.0944. The topological polar surface area (TPSA) is 73.0 Å². The largest absolute Gasteiger partial charge is 0.243 e. The van der Waals surface area contributed by atoms with Crippen molar-refractivity contribution in [1.82, 2.24) is 4.98 Å². The lowest BCUT2D eigenvalue weighted by molar-refractivity contribution is 0.597. The van der Waals surface area contributed by atoms with Crippen LogP contribution in [0.5, 0.6) is 0 Å². The molecule has 0 aliphatic heterocycles. The first-order valence-electron chi connectivity index (χ1n) is 3.06. The lowest BCUT2D eigenvalue weighted by atomic mass is 10.3. The predicted molar refractivity (Wildman–Crippen MR) is 45.4 cm³/mol. The Balaban J connectivity index is 3.43. The maximum atomic E-state index is 10.9. The fourth-order valence-corrected chi connectivity index (χ4v) is 1.79. The van der Waals surface area contributed by atoms with Crippen LogP contribution in [0.1, 0.15) is 5.56 Å². The fourth-order valence-electron chi connectivity index (χ4n) is 0.725. The van der Waals surface area contributed by atoms with Gasteiger partial charge in [0.2, 0.25) is 10.0 Å². The van der Waals surface area contributed by atoms with Crippen molar-refractivity contribution >= 4 is 21.6 Å². The zero-order valence-electron chi connectivity index (χ0n) is 6.28. The van der Waals surface area contributed by atoms with Gasteiger partial charge in [0.15, 0.2) is 0 Å². The summed E-state index contributed by atoms with van der Waals surface area (Å²) >= 11 is 5.51. The number of pyridine rings is 1. The molecule has 0 aliphatic rings. The molecule has 0 atom stereocenters. The maximum absolute atomic E-state index is 10.9. The zero-order chi connectivity index (χ0) is 9.35. The molecule has 12 heavy (non-hydrogen) atoms. The van der Waals surface area contributed by atoms with Gasteiger partial charge in [-0.2, -0.15) is 0 Å². The molecule has 1 rings (SSSR count). The molecule has 0 aromatic carbocycles. The summed E-state index contributed by atoms with van der Waals surface area (Å²) in [7, 11) is -3.75. The van der Waals surface area contributed by atoms with Crippen molar-refractivity contribution in [3.8, 4) is 0 Å². The highest BCUT2D eigenvalue weighted by atomic mass is 35.5. The van der Waals surface area contributed by atoms with Gasteiger partial charge >= 0.3 is 0 Å². The fraction of sp³-hybridized carbons (Fsp3) is 0.167. The van der Waals surface area contributed by atoms with Gasteiger partial charge in [0.05, 0.1) is 0 Å². The van der Waals surface area contributed by atoms with Crippen molar-refractivity contribution in [2.75, 3.05) is 0 Å². The Kier molecular flexibility index (Phi) is 2.36. The molecule has 0 unspecified atom stereocenters. The molecule has 1 aromatic heterocycles. The molecular formula is C6H7ClN2O2S. The number of primary sulfonamides is 1. The molecule has 2 N–H and O–H groups in total. The second-order valence-corrected chi connectivity index (χ2v) is 4.23. The Hall–Kier alpha value is -0.650. The summed E-state index contributed by atoms with van der Waals surface area (Å²) in [5, 5.41) is 4.78. The van der Waals surface area contributed by atoms with Crippen molar-refractivity contribution in [1.29, 1.82) is 0 Å². The number of hydrogen-bond donors (Lipinski definition) is 1. The highest BCUT2D eigenvalue weighted by molar-refractivity contribution is 7.89. The van der Waals surface area contributed by atoms with E-state index in [1.165, 1.54) is 12.3 Å². The molecule has 0 aliphatic carbocycles. The molecule has 0 radical (unpaired) electrons. The molecule has 0 spiro atoms. The van der Waals surface area contributed by atoms with Crippen molar-refractivity contribution in [2.45, 2.75) is 11.8 Å². The zero-order valence-corrected chi connectivity index (χ0v) is 7.85. The van der Waals surface area contributed by atoms with Crippen LogP contribution in [0.4, 0.5) is 0 Å². The number of rotatable bonds is 1. The first-order chi connectivity index (χ1) is 5.41. The van der Waals surface area contributed by atoms with Crippen LogP contribution in [0, 0.1) is 6.92 Å². The molecule has 0 saturated carbocycles. The Morgan fingerprint density at radius 1 is 1.58 bits per heavy atom. The summed E-state index contributed by atoms with van der Waals surface area (Å²) in [6.07, 6.45) is 1.47. The van der Waals surface area contributed by atoms with Crippen LogP contribution in [0.2, 0.25) is 5.15 Å². The van der Waals surface area contributed by atoms with Gasteiger partial charge in [0.1, 0.15) is 10.0 Å². The number of nitrogens with zero attached hydrogens (tertiary/aromatic N) is 1. The normalized spacial score (nSPS) is 11.6. The monoisotopic (exact) mass is 206 g/mol. The van der Waals surface area contributed by atoms with Crippen molar-refractivity contribution in [3.63, 3.8) is 0 Å². The van der Waals surface area contributed by atoms with Gasteiger partial charge in [-0.3, -0.25) is 0 Å². The summed E-state index contributed by atoms with van der Waals surface area (Å²) in [6.45, 7) is 1.71. The van der Waals surface area contributed by atoms with Gasteiger partial charge in [-0.05, 0) is 18.6 Å². The Morgan fingerprint density at radius 2 is 2.17 bits per heavy atom. The third kappa shape index (κ3) is 1.94. The second-order valence-electron chi connectivity index (χ2n) is 2.35. The second kappa shape index (κ2) is 3.01. The summed E-state index contributed by atoms with van der Waals surface area (Å²) in [4.78, 5) is 3.52. The van der Waals surface area contributed by atoms with E-state index in [0.29, 0.717) is 5.56 Å². The average molecular weight is 207 g/mol. The first kappa shape index (κ1) is 9.44. The SMILES string of the molecule is Cc1cnc(Cl)c(S(N)(=O)=O)c1. The number of hydrogen-bond acceptors (Lipinski definition) is 3. The Morgan fingerprint density at radius 3 is 2.58 bits per heavy atom. The van der Waals surface area contributed by atoms with Crippen LogP contribution < -0.4 is 5.14 Å². The maximum Gasteiger partial charge on any atom is 0.241 e. The predicted octanol–water partition coefficient (Wildman–Crippen LogP) is 0.691. The summed E-state index contributed by atoms with van der Waals surface area (Å²) in [5.74, 6) is 0. The van der Waals surface area contributed by atoms with Crippen molar-refractivity contribution in [3.05, 3.63) is 23.0 Å². The van der Waals surface area contributed by atoms with E-state index in [0.717, 1.165) is 0 Å². The van der Waals surface area contributed by atoms with E-state index >= 15 is 0 Å². The number of aryl methyl sites for hydroxylation is 1. The Labute approximate surface area is 75.4 Å². The summed E-state index contributed by atoms with van der Waals surface area (Å²) in [6, 6.07) is 1.38. The third-order valence-corrected chi connectivity index (χ3v) is 2.59. The molecule has 4 nitrogen and oxygen atoms in total. The minimum Gasteiger partial charge on any atom is -0.243 e.